The van der Waals surface area contributed by atoms with Gasteiger partial charge in [0.2, 0.25) is 0 Å². The molecule has 0 spiro atoms. The second-order valence-corrected chi connectivity index (χ2v) is 5.04. The van der Waals surface area contributed by atoms with Gasteiger partial charge in [-0.05, 0) is 61.2 Å². The second kappa shape index (κ2) is 6.35. The number of rotatable bonds is 4. The van der Waals surface area contributed by atoms with Gasteiger partial charge in [-0.2, -0.15) is 0 Å². The van der Waals surface area contributed by atoms with Gasteiger partial charge in [0.25, 0.3) is 0 Å². The van der Waals surface area contributed by atoms with E-state index in [4.69, 9.17) is 4.74 Å². The van der Waals surface area contributed by atoms with Gasteiger partial charge >= 0.3 is 5.97 Å². The van der Waals surface area contributed by atoms with Crippen molar-refractivity contribution in [2.24, 2.45) is 0 Å². The minimum absolute atomic E-state index is 0.386. The molecule has 108 valence electrons. The van der Waals surface area contributed by atoms with Crippen LogP contribution >= 0.6 is 0 Å². The molecule has 0 fully saturated rings. The maximum absolute atomic E-state index is 12.2. The molecule has 2 aromatic rings. The highest BCUT2D eigenvalue weighted by molar-refractivity contribution is 5.91. The number of ether oxygens (including phenoxy) is 1. The lowest BCUT2D eigenvalue weighted by atomic mass is 10.1. The largest absolute Gasteiger partial charge is 0.422 e. The van der Waals surface area contributed by atoms with Crippen molar-refractivity contribution in [3.05, 3.63) is 64.2 Å². The first-order valence-corrected chi connectivity index (χ1v) is 6.92. The fourth-order valence-electron chi connectivity index (χ4n) is 2.24. The van der Waals surface area contributed by atoms with Crippen LogP contribution in [0.1, 0.15) is 44.3 Å². The summed E-state index contributed by atoms with van der Waals surface area (Å²) in [6, 6.07) is 10.8. The van der Waals surface area contributed by atoms with Crippen LogP contribution in [0.2, 0.25) is 0 Å². The predicted octanol–water partition coefficient (Wildman–Crippen LogP) is 3.90. The van der Waals surface area contributed by atoms with Gasteiger partial charge in [0.1, 0.15) is 12.0 Å². The standard InChI is InChI=1S/C18H18O3/c1-4-14-5-7-16(8-6-14)18(20)21-17-12(2)9-15(11-19)10-13(17)3/h5-11H,4H2,1-3H3. The average Bonchev–Trinajstić information content (AvgIpc) is 2.50. The van der Waals surface area contributed by atoms with Crippen LogP contribution in [0.5, 0.6) is 5.75 Å². The van der Waals surface area contributed by atoms with Crippen LogP contribution in [0.3, 0.4) is 0 Å². The molecule has 0 unspecified atom stereocenters. The lowest BCUT2D eigenvalue weighted by Crippen LogP contribution is -2.10. The molecule has 0 radical (unpaired) electrons. The lowest BCUT2D eigenvalue weighted by molar-refractivity contribution is 0.0732. The van der Waals surface area contributed by atoms with E-state index in [0.29, 0.717) is 16.9 Å². The summed E-state index contributed by atoms with van der Waals surface area (Å²) in [5.74, 6) is 0.132. The van der Waals surface area contributed by atoms with Gasteiger partial charge in [-0.1, -0.05) is 19.1 Å². The Labute approximate surface area is 124 Å². The molecular formula is C18H18O3. The molecule has 0 saturated carbocycles. The third-order valence-corrected chi connectivity index (χ3v) is 3.41. The first-order valence-electron chi connectivity index (χ1n) is 6.92. The molecule has 3 heteroatoms. The summed E-state index contributed by atoms with van der Waals surface area (Å²) in [5, 5.41) is 0. The smallest absolute Gasteiger partial charge is 0.343 e. The molecule has 0 atom stereocenters. The zero-order valence-corrected chi connectivity index (χ0v) is 12.5. The van der Waals surface area contributed by atoms with Gasteiger partial charge in [0.05, 0.1) is 5.56 Å². The van der Waals surface area contributed by atoms with Crippen molar-refractivity contribution in [1.82, 2.24) is 0 Å². The normalized spacial score (nSPS) is 10.2. The van der Waals surface area contributed by atoms with Crippen molar-refractivity contribution < 1.29 is 14.3 Å². The van der Waals surface area contributed by atoms with E-state index in [1.165, 1.54) is 5.56 Å². The Morgan fingerprint density at radius 2 is 1.67 bits per heavy atom. The zero-order chi connectivity index (χ0) is 15.4. The van der Waals surface area contributed by atoms with Crippen LogP contribution in [0.15, 0.2) is 36.4 Å². The van der Waals surface area contributed by atoms with Crippen LogP contribution in [-0.2, 0) is 6.42 Å². The summed E-state index contributed by atoms with van der Waals surface area (Å²) in [7, 11) is 0. The third-order valence-electron chi connectivity index (χ3n) is 3.41. The van der Waals surface area contributed by atoms with Crippen molar-refractivity contribution in [3.63, 3.8) is 0 Å². The monoisotopic (exact) mass is 282 g/mol. The van der Waals surface area contributed by atoms with E-state index < -0.39 is 0 Å². The Balaban J connectivity index is 2.24. The van der Waals surface area contributed by atoms with E-state index in [1.807, 2.05) is 26.0 Å². The van der Waals surface area contributed by atoms with Gasteiger partial charge in [0.15, 0.2) is 0 Å². The number of aldehydes is 1. The minimum Gasteiger partial charge on any atom is -0.422 e. The number of esters is 1. The highest BCUT2D eigenvalue weighted by atomic mass is 16.5. The van der Waals surface area contributed by atoms with Crippen LogP contribution in [0.25, 0.3) is 0 Å². The molecule has 0 N–H and O–H groups in total. The Morgan fingerprint density at radius 1 is 1.10 bits per heavy atom. The van der Waals surface area contributed by atoms with E-state index in [1.54, 1.807) is 24.3 Å². The van der Waals surface area contributed by atoms with E-state index in [9.17, 15) is 9.59 Å². The molecule has 21 heavy (non-hydrogen) atoms. The van der Waals surface area contributed by atoms with Gasteiger partial charge in [-0.3, -0.25) is 4.79 Å². The van der Waals surface area contributed by atoms with Crippen molar-refractivity contribution >= 4 is 12.3 Å². The Kier molecular flexibility index (Phi) is 4.53. The Morgan fingerprint density at radius 3 is 2.14 bits per heavy atom. The third kappa shape index (κ3) is 3.37. The lowest BCUT2D eigenvalue weighted by Gasteiger charge is -2.11. The van der Waals surface area contributed by atoms with Gasteiger partial charge in [0, 0.05) is 5.56 Å². The summed E-state index contributed by atoms with van der Waals surface area (Å²) in [6.07, 6.45) is 1.72. The molecule has 3 nitrogen and oxygen atoms in total. The van der Waals surface area contributed by atoms with E-state index in [0.717, 1.165) is 23.8 Å². The maximum Gasteiger partial charge on any atom is 0.343 e. The quantitative estimate of drug-likeness (QED) is 0.485. The second-order valence-electron chi connectivity index (χ2n) is 5.04. The van der Waals surface area contributed by atoms with Gasteiger partial charge in [-0.25, -0.2) is 4.79 Å². The number of carbonyl (C=O) groups is 2. The average molecular weight is 282 g/mol. The number of hydrogen-bond donors (Lipinski definition) is 0. The molecule has 2 rings (SSSR count). The number of hydrogen-bond acceptors (Lipinski definition) is 3. The Hall–Kier alpha value is -2.42. The van der Waals surface area contributed by atoms with Crippen molar-refractivity contribution in [2.75, 3.05) is 0 Å². The summed E-state index contributed by atoms with van der Waals surface area (Å²) >= 11 is 0. The van der Waals surface area contributed by atoms with E-state index in [2.05, 4.69) is 6.92 Å². The molecule has 0 bridgehead atoms. The van der Waals surface area contributed by atoms with E-state index >= 15 is 0 Å². The van der Waals surface area contributed by atoms with Crippen molar-refractivity contribution in [3.8, 4) is 5.75 Å². The van der Waals surface area contributed by atoms with Crippen LogP contribution in [0, 0.1) is 13.8 Å². The summed E-state index contributed by atoms with van der Waals surface area (Å²) in [6.45, 7) is 5.71. The molecule has 0 heterocycles. The molecule has 0 saturated heterocycles. The van der Waals surface area contributed by atoms with Crippen LogP contribution < -0.4 is 4.74 Å². The van der Waals surface area contributed by atoms with Crippen molar-refractivity contribution in [1.29, 1.82) is 0 Å². The fraction of sp³-hybridized carbons (Fsp3) is 0.222. The highest BCUT2D eigenvalue weighted by Crippen LogP contribution is 2.25. The first kappa shape index (κ1) is 15.0. The van der Waals surface area contributed by atoms with E-state index in [-0.39, 0.29) is 5.97 Å². The molecule has 0 amide bonds. The maximum atomic E-state index is 12.2. The van der Waals surface area contributed by atoms with Crippen LogP contribution in [0.4, 0.5) is 0 Å². The summed E-state index contributed by atoms with van der Waals surface area (Å²) < 4.78 is 5.48. The zero-order valence-electron chi connectivity index (χ0n) is 12.5. The Bertz CT molecular complexity index is 646. The molecule has 0 aliphatic rings. The number of aryl methyl sites for hydroxylation is 3. The SMILES string of the molecule is CCc1ccc(C(=O)Oc2c(C)cc(C=O)cc2C)cc1. The molecule has 0 aliphatic heterocycles. The number of carbonyl (C=O) groups excluding carboxylic acids is 2. The predicted molar refractivity (Wildman–Crippen MR) is 82.1 cm³/mol. The molecular weight excluding hydrogens is 264 g/mol. The first-order chi connectivity index (χ1) is 10.0. The van der Waals surface area contributed by atoms with Gasteiger partial charge in [-0.15, -0.1) is 0 Å². The summed E-state index contributed by atoms with van der Waals surface area (Å²) in [5.41, 5.74) is 3.82. The topological polar surface area (TPSA) is 43.4 Å². The fourth-order valence-corrected chi connectivity index (χ4v) is 2.24. The highest BCUT2D eigenvalue weighted by Gasteiger charge is 2.13. The molecule has 2 aromatic carbocycles. The molecule has 0 aromatic heterocycles. The minimum atomic E-state index is -0.386. The molecule has 0 aliphatic carbocycles. The van der Waals surface area contributed by atoms with Crippen molar-refractivity contribution in [2.45, 2.75) is 27.2 Å². The van der Waals surface area contributed by atoms with Gasteiger partial charge < -0.3 is 4.74 Å². The van der Waals surface area contributed by atoms with Crippen LogP contribution in [-0.4, -0.2) is 12.3 Å². The number of benzene rings is 2. The summed E-state index contributed by atoms with van der Waals surface area (Å²) in [4.78, 5) is 23.0.